The van der Waals surface area contributed by atoms with Gasteiger partial charge in [0, 0.05) is 0 Å². The third kappa shape index (κ3) is 2.12. The molecule has 106 valence electrons. The number of aliphatic hydroxyl groups is 2. The summed E-state index contributed by atoms with van der Waals surface area (Å²) in [5.74, 6) is 0.676. The third-order valence-electron chi connectivity index (χ3n) is 6.19. The van der Waals surface area contributed by atoms with Crippen LogP contribution < -0.4 is 0 Å². The molecule has 3 unspecified atom stereocenters. The standard InChI is InChI=1S/C16H30O2/c1-13(2,17)15(5)9-12-7-6-8-16(10-12,11-15)14(3,4)18/h12,17-18H,6-11H2,1-5H3. The van der Waals surface area contributed by atoms with Crippen LogP contribution in [0.3, 0.4) is 0 Å². The number of hydrogen-bond acceptors (Lipinski definition) is 2. The summed E-state index contributed by atoms with van der Waals surface area (Å²) in [6, 6.07) is 0. The van der Waals surface area contributed by atoms with Gasteiger partial charge in [-0.1, -0.05) is 19.8 Å². The van der Waals surface area contributed by atoms with Crippen LogP contribution in [0.15, 0.2) is 0 Å². The van der Waals surface area contributed by atoms with Crippen LogP contribution in [0.4, 0.5) is 0 Å². The molecule has 3 atom stereocenters. The van der Waals surface area contributed by atoms with Crippen LogP contribution in [-0.2, 0) is 0 Å². The zero-order valence-electron chi connectivity index (χ0n) is 12.7. The molecule has 0 saturated heterocycles. The second-order valence-electron chi connectivity index (χ2n) is 8.30. The van der Waals surface area contributed by atoms with Crippen molar-refractivity contribution in [1.82, 2.24) is 0 Å². The highest BCUT2D eigenvalue weighted by Gasteiger charge is 2.57. The number of hydrogen-bond donors (Lipinski definition) is 2. The first-order chi connectivity index (χ1) is 7.99. The molecule has 2 saturated carbocycles. The van der Waals surface area contributed by atoms with E-state index in [-0.39, 0.29) is 10.8 Å². The minimum Gasteiger partial charge on any atom is -0.390 e. The Morgan fingerprint density at radius 2 is 1.61 bits per heavy atom. The Morgan fingerprint density at radius 3 is 2.11 bits per heavy atom. The van der Waals surface area contributed by atoms with E-state index in [0.717, 1.165) is 25.7 Å². The van der Waals surface area contributed by atoms with Crippen molar-refractivity contribution in [3.8, 4) is 0 Å². The second-order valence-corrected chi connectivity index (χ2v) is 8.30. The summed E-state index contributed by atoms with van der Waals surface area (Å²) in [7, 11) is 0. The van der Waals surface area contributed by atoms with Gasteiger partial charge in [-0.05, 0) is 70.1 Å². The summed E-state index contributed by atoms with van der Waals surface area (Å²) >= 11 is 0. The average Bonchev–Trinajstić information content (AvgIpc) is 2.12. The summed E-state index contributed by atoms with van der Waals surface area (Å²) in [5, 5.41) is 21.2. The molecule has 0 aromatic rings. The van der Waals surface area contributed by atoms with E-state index in [0.29, 0.717) is 5.92 Å². The minimum absolute atomic E-state index is 0.00289. The quantitative estimate of drug-likeness (QED) is 0.791. The first kappa shape index (κ1) is 14.3. The van der Waals surface area contributed by atoms with E-state index in [1.807, 2.05) is 27.7 Å². The van der Waals surface area contributed by atoms with E-state index in [1.165, 1.54) is 12.8 Å². The Hall–Kier alpha value is -0.0800. The summed E-state index contributed by atoms with van der Waals surface area (Å²) in [6.07, 6.45) is 6.80. The van der Waals surface area contributed by atoms with E-state index in [2.05, 4.69) is 6.92 Å². The van der Waals surface area contributed by atoms with Crippen LogP contribution in [0.25, 0.3) is 0 Å². The summed E-state index contributed by atoms with van der Waals surface area (Å²) in [4.78, 5) is 0. The van der Waals surface area contributed by atoms with Crippen LogP contribution >= 0.6 is 0 Å². The van der Waals surface area contributed by atoms with Gasteiger partial charge in [-0.2, -0.15) is 0 Å². The Balaban J connectivity index is 2.37. The molecular formula is C16H30O2. The molecule has 2 aliphatic carbocycles. The Morgan fingerprint density at radius 1 is 1.00 bits per heavy atom. The highest BCUT2D eigenvalue weighted by atomic mass is 16.3. The summed E-state index contributed by atoms with van der Waals surface area (Å²) in [5.41, 5.74) is -1.38. The van der Waals surface area contributed by atoms with Crippen molar-refractivity contribution in [3.05, 3.63) is 0 Å². The molecule has 2 N–H and O–H groups in total. The van der Waals surface area contributed by atoms with Crippen molar-refractivity contribution in [3.63, 3.8) is 0 Å². The molecule has 18 heavy (non-hydrogen) atoms. The first-order valence-electron chi connectivity index (χ1n) is 7.44. The van der Waals surface area contributed by atoms with Crippen LogP contribution in [0, 0.1) is 16.7 Å². The molecule has 0 aromatic carbocycles. The van der Waals surface area contributed by atoms with E-state index < -0.39 is 11.2 Å². The molecule has 0 heterocycles. The van der Waals surface area contributed by atoms with Crippen molar-refractivity contribution in [2.24, 2.45) is 16.7 Å². The zero-order valence-corrected chi connectivity index (χ0v) is 12.7. The smallest absolute Gasteiger partial charge is 0.0648 e. The molecule has 0 spiro atoms. The fourth-order valence-electron chi connectivity index (χ4n) is 4.51. The average molecular weight is 254 g/mol. The molecule has 2 aliphatic rings. The molecule has 0 radical (unpaired) electrons. The van der Waals surface area contributed by atoms with Crippen LogP contribution in [0.2, 0.25) is 0 Å². The maximum atomic E-state index is 10.7. The molecule has 0 aliphatic heterocycles. The first-order valence-corrected chi connectivity index (χ1v) is 7.44. The van der Waals surface area contributed by atoms with Gasteiger partial charge in [0.2, 0.25) is 0 Å². The SMILES string of the molecule is CC(C)(O)C1(C)CC2CCCC(C(C)(C)O)(C2)C1. The lowest BCUT2D eigenvalue weighted by Crippen LogP contribution is -2.57. The van der Waals surface area contributed by atoms with Gasteiger partial charge in [0.1, 0.15) is 0 Å². The maximum Gasteiger partial charge on any atom is 0.0648 e. The molecular weight excluding hydrogens is 224 g/mol. The van der Waals surface area contributed by atoms with Crippen LogP contribution in [-0.4, -0.2) is 21.4 Å². The monoisotopic (exact) mass is 254 g/mol. The van der Waals surface area contributed by atoms with Gasteiger partial charge in [-0.15, -0.1) is 0 Å². The molecule has 2 bridgehead atoms. The lowest BCUT2D eigenvalue weighted by molar-refractivity contribution is -0.180. The highest BCUT2D eigenvalue weighted by Crippen LogP contribution is 2.62. The molecule has 2 fully saturated rings. The Kier molecular flexibility index (Phi) is 3.15. The lowest BCUT2D eigenvalue weighted by Gasteiger charge is -2.60. The van der Waals surface area contributed by atoms with Crippen LogP contribution in [0.5, 0.6) is 0 Å². The highest BCUT2D eigenvalue weighted by molar-refractivity contribution is 5.08. The maximum absolute atomic E-state index is 10.7. The van der Waals surface area contributed by atoms with E-state index >= 15 is 0 Å². The number of rotatable bonds is 2. The van der Waals surface area contributed by atoms with Crippen molar-refractivity contribution < 1.29 is 10.2 Å². The minimum atomic E-state index is -0.667. The number of fused-ring (bicyclic) bond motifs is 2. The molecule has 2 heteroatoms. The van der Waals surface area contributed by atoms with Gasteiger partial charge in [0.25, 0.3) is 0 Å². The van der Waals surface area contributed by atoms with Crippen molar-refractivity contribution in [2.45, 2.75) is 84.3 Å². The Labute approximate surface area is 112 Å². The molecule has 2 rings (SSSR count). The van der Waals surface area contributed by atoms with E-state index in [4.69, 9.17) is 0 Å². The second kappa shape index (κ2) is 3.96. The molecule has 2 nitrogen and oxygen atoms in total. The molecule has 0 aromatic heterocycles. The fraction of sp³-hybridized carbons (Fsp3) is 1.00. The summed E-state index contributed by atoms with van der Waals surface area (Å²) < 4.78 is 0. The van der Waals surface area contributed by atoms with Gasteiger partial charge >= 0.3 is 0 Å². The lowest BCUT2D eigenvalue weighted by atomic mass is 9.47. The van der Waals surface area contributed by atoms with E-state index in [1.54, 1.807) is 0 Å². The summed E-state index contributed by atoms with van der Waals surface area (Å²) in [6.45, 7) is 10.0. The third-order valence-corrected chi connectivity index (χ3v) is 6.19. The fourth-order valence-corrected chi connectivity index (χ4v) is 4.51. The Bertz CT molecular complexity index is 321. The largest absolute Gasteiger partial charge is 0.390 e. The van der Waals surface area contributed by atoms with Gasteiger partial charge < -0.3 is 10.2 Å². The predicted octanol–water partition coefficient (Wildman–Crippen LogP) is 3.50. The van der Waals surface area contributed by atoms with Gasteiger partial charge in [-0.25, -0.2) is 0 Å². The van der Waals surface area contributed by atoms with Gasteiger partial charge in [-0.3, -0.25) is 0 Å². The molecule has 0 amide bonds. The van der Waals surface area contributed by atoms with Crippen LogP contribution in [0.1, 0.15) is 73.1 Å². The van der Waals surface area contributed by atoms with Crippen molar-refractivity contribution >= 4 is 0 Å². The van der Waals surface area contributed by atoms with Gasteiger partial charge in [0.05, 0.1) is 11.2 Å². The predicted molar refractivity (Wildman–Crippen MR) is 74.3 cm³/mol. The van der Waals surface area contributed by atoms with Crippen molar-refractivity contribution in [2.75, 3.05) is 0 Å². The van der Waals surface area contributed by atoms with Crippen molar-refractivity contribution in [1.29, 1.82) is 0 Å². The normalized spacial score (nSPS) is 41.8. The topological polar surface area (TPSA) is 40.5 Å². The van der Waals surface area contributed by atoms with Gasteiger partial charge in [0.15, 0.2) is 0 Å². The zero-order chi connectivity index (χ0) is 13.8. The van der Waals surface area contributed by atoms with E-state index in [9.17, 15) is 10.2 Å².